The molecule has 4 rings (SSSR count). The Morgan fingerprint density at radius 1 is 1.35 bits per heavy atom. The van der Waals surface area contributed by atoms with E-state index in [0.29, 0.717) is 6.54 Å². The second-order valence-corrected chi connectivity index (χ2v) is 6.52. The van der Waals surface area contributed by atoms with Crippen molar-refractivity contribution in [2.24, 2.45) is 0 Å². The Bertz CT molecular complexity index is 958. The molecule has 0 radical (unpaired) electrons. The lowest BCUT2D eigenvalue weighted by Gasteiger charge is -2.07. The molecule has 6 heteroatoms. The number of pyridine rings is 1. The van der Waals surface area contributed by atoms with E-state index in [1.807, 2.05) is 18.2 Å². The number of fused-ring (bicyclic) bond motifs is 2. The van der Waals surface area contributed by atoms with Crippen molar-refractivity contribution >= 4 is 27.5 Å². The van der Waals surface area contributed by atoms with Gasteiger partial charge < -0.3 is 10.3 Å². The van der Waals surface area contributed by atoms with Gasteiger partial charge >= 0.3 is 0 Å². The lowest BCUT2D eigenvalue weighted by Crippen LogP contribution is -2.29. The zero-order chi connectivity index (χ0) is 15.8. The Kier molecular flexibility index (Phi) is 3.46. The first-order valence-electron chi connectivity index (χ1n) is 7.57. The van der Waals surface area contributed by atoms with Crippen LogP contribution in [0.15, 0.2) is 34.6 Å². The van der Waals surface area contributed by atoms with Crippen LogP contribution in [-0.2, 0) is 19.4 Å². The van der Waals surface area contributed by atoms with Crippen molar-refractivity contribution in [2.45, 2.75) is 25.8 Å². The number of rotatable bonds is 3. The van der Waals surface area contributed by atoms with Crippen molar-refractivity contribution in [3.8, 4) is 0 Å². The van der Waals surface area contributed by atoms with Gasteiger partial charge in [0, 0.05) is 12.2 Å². The Balaban J connectivity index is 1.57. The summed E-state index contributed by atoms with van der Waals surface area (Å²) in [6.07, 6.45) is 2.84. The van der Waals surface area contributed by atoms with Gasteiger partial charge in [0.25, 0.3) is 11.5 Å². The number of thiazole rings is 1. The molecular formula is C17H15N3O2S. The van der Waals surface area contributed by atoms with Crippen molar-refractivity contribution < 1.29 is 4.79 Å². The SMILES string of the molecule is O=C(NCc1cccc2ncsc12)c1cc2c([nH]c1=O)CCC2. The van der Waals surface area contributed by atoms with Crippen molar-refractivity contribution in [1.29, 1.82) is 0 Å². The summed E-state index contributed by atoms with van der Waals surface area (Å²) in [5.74, 6) is -0.331. The number of aromatic nitrogens is 2. The van der Waals surface area contributed by atoms with Gasteiger partial charge in [0.05, 0.1) is 15.7 Å². The minimum absolute atomic E-state index is 0.196. The molecule has 0 unspecified atom stereocenters. The van der Waals surface area contributed by atoms with Crippen LogP contribution in [0.4, 0.5) is 0 Å². The van der Waals surface area contributed by atoms with E-state index >= 15 is 0 Å². The standard InChI is InChI=1S/C17H15N3O2S/c21-16(12-7-10-3-1-5-13(10)20-17(12)22)18-8-11-4-2-6-14-15(11)23-9-19-14/h2,4,6-7,9H,1,3,5,8H2,(H,18,21)(H,20,22). The van der Waals surface area contributed by atoms with E-state index in [2.05, 4.69) is 15.3 Å². The third-order valence-corrected chi connectivity index (χ3v) is 5.13. The second-order valence-electron chi connectivity index (χ2n) is 5.67. The second kappa shape index (κ2) is 5.62. The molecule has 0 fully saturated rings. The smallest absolute Gasteiger partial charge is 0.261 e. The van der Waals surface area contributed by atoms with Gasteiger partial charge in [-0.2, -0.15) is 0 Å². The molecule has 2 heterocycles. The van der Waals surface area contributed by atoms with Crippen LogP contribution in [0.2, 0.25) is 0 Å². The van der Waals surface area contributed by atoms with E-state index in [9.17, 15) is 9.59 Å². The van der Waals surface area contributed by atoms with Crippen LogP contribution in [0.25, 0.3) is 10.2 Å². The normalized spacial score (nSPS) is 13.2. The van der Waals surface area contributed by atoms with Gasteiger partial charge in [-0.25, -0.2) is 4.98 Å². The molecule has 0 bridgehead atoms. The van der Waals surface area contributed by atoms with E-state index in [0.717, 1.165) is 46.3 Å². The number of benzene rings is 1. The first kappa shape index (κ1) is 14.1. The van der Waals surface area contributed by atoms with E-state index in [4.69, 9.17) is 0 Å². The van der Waals surface area contributed by atoms with Gasteiger partial charge in [-0.3, -0.25) is 9.59 Å². The number of amides is 1. The topological polar surface area (TPSA) is 74.8 Å². The summed E-state index contributed by atoms with van der Waals surface area (Å²) in [5.41, 5.74) is 5.68. The number of carbonyl (C=O) groups is 1. The van der Waals surface area contributed by atoms with Gasteiger partial charge in [0.2, 0.25) is 0 Å². The summed E-state index contributed by atoms with van der Waals surface area (Å²) in [6, 6.07) is 7.58. The first-order chi connectivity index (χ1) is 11.2. The minimum Gasteiger partial charge on any atom is -0.348 e. The van der Waals surface area contributed by atoms with E-state index in [1.54, 1.807) is 22.9 Å². The molecule has 5 nitrogen and oxygen atoms in total. The third kappa shape index (κ3) is 2.55. The van der Waals surface area contributed by atoms with Gasteiger partial charge in [-0.15, -0.1) is 11.3 Å². The monoisotopic (exact) mass is 325 g/mol. The van der Waals surface area contributed by atoms with Crippen LogP contribution in [0.5, 0.6) is 0 Å². The molecule has 0 spiro atoms. The highest BCUT2D eigenvalue weighted by Crippen LogP contribution is 2.22. The molecule has 3 aromatic rings. The van der Waals surface area contributed by atoms with Gasteiger partial charge in [-0.1, -0.05) is 12.1 Å². The number of hydrogen-bond donors (Lipinski definition) is 2. The van der Waals surface area contributed by atoms with Crippen LogP contribution in [0.3, 0.4) is 0 Å². The molecule has 1 aliphatic carbocycles. The maximum absolute atomic E-state index is 12.4. The molecule has 1 amide bonds. The molecule has 1 aliphatic rings. The van der Waals surface area contributed by atoms with Gasteiger partial charge in [-0.05, 0) is 42.5 Å². The van der Waals surface area contributed by atoms with Gasteiger partial charge in [0.15, 0.2) is 0 Å². The Labute approximate surface area is 136 Å². The fourth-order valence-corrected chi connectivity index (χ4v) is 3.84. The highest BCUT2D eigenvalue weighted by Gasteiger charge is 2.18. The first-order valence-corrected chi connectivity index (χ1v) is 8.45. The molecule has 2 aromatic heterocycles. The van der Waals surface area contributed by atoms with Crippen LogP contribution >= 0.6 is 11.3 Å². The van der Waals surface area contributed by atoms with E-state index < -0.39 is 0 Å². The Hall–Kier alpha value is -2.47. The lowest BCUT2D eigenvalue weighted by molar-refractivity contribution is 0.0949. The molecular weight excluding hydrogens is 310 g/mol. The van der Waals surface area contributed by atoms with Crippen LogP contribution in [-0.4, -0.2) is 15.9 Å². The fraction of sp³-hybridized carbons (Fsp3) is 0.235. The summed E-state index contributed by atoms with van der Waals surface area (Å²) in [7, 11) is 0. The summed E-state index contributed by atoms with van der Waals surface area (Å²) in [4.78, 5) is 31.6. The Morgan fingerprint density at radius 3 is 3.17 bits per heavy atom. The third-order valence-electron chi connectivity index (χ3n) is 4.21. The predicted molar refractivity (Wildman–Crippen MR) is 89.9 cm³/mol. The molecule has 23 heavy (non-hydrogen) atoms. The molecule has 0 atom stereocenters. The quantitative estimate of drug-likeness (QED) is 0.776. The summed E-state index contributed by atoms with van der Waals surface area (Å²) < 4.78 is 1.07. The molecule has 0 aliphatic heterocycles. The summed E-state index contributed by atoms with van der Waals surface area (Å²) in [6.45, 7) is 0.384. The highest BCUT2D eigenvalue weighted by atomic mass is 32.1. The van der Waals surface area contributed by atoms with Crippen LogP contribution < -0.4 is 10.9 Å². The average molecular weight is 325 g/mol. The van der Waals surface area contributed by atoms with E-state index in [-0.39, 0.29) is 17.0 Å². The summed E-state index contributed by atoms with van der Waals surface area (Å²) >= 11 is 1.55. The largest absolute Gasteiger partial charge is 0.348 e. The zero-order valence-electron chi connectivity index (χ0n) is 12.4. The van der Waals surface area contributed by atoms with E-state index in [1.165, 1.54) is 0 Å². The predicted octanol–water partition coefficient (Wildman–Crippen LogP) is 2.40. The zero-order valence-corrected chi connectivity index (χ0v) is 13.2. The molecule has 0 saturated carbocycles. The lowest BCUT2D eigenvalue weighted by atomic mass is 10.1. The Morgan fingerprint density at radius 2 is 2.26 bits per heavy atom. The number of nitrogens with zero attached hydrogens (tertiary/aromatic N) is 1. The number of hydrogen-bond acceptors (Lipinski definition) is 4. The number of carbonyl (C=O) groups excluding carboxylic acids is 1. The number of nitrogens with one attached hydrogen (secondary N) is 2. The maximum atomic E-state index is 12.4. The number of aryl methyl sites for hydroxylation is 2. The minimum atomic E-state index is -0.331. The number of H-pyrrole nitrogens is 1. The van der Waals surface area contributed by atoms with Crippen LogP contribution in [0, 0.1) is 0 Å². The van der Waals surface area contributed by atoms with Crippen molar-refractivity contribution in [1.82, 2.24) is 15.3 Å². The van der Waals surface area contributed by atoms with Crippen molar-refractivity contribution in [3.63, 3.8) is 0 Å². The highest BCUT2D eigenvalue weighted by molar-refractivity contribution is 7.16. The number of aromatic amines is 1. The average Bonchev–Trinajstić information content (AvgIpc) is 3.20. The molecule has 116 valence electrons. The molecule has 2 N–H and O–H groups in total. The van der Waals surface area contributed by atoms with Crippen molar-refractivity contribution in [2.75, 3.05) is 0 Å². The van der Waals surface area contributed by atoms with Gasteiger partial charge in [0.1, 0.15) is 5.56 Å². The summed E-state index contributed by atoms with van der Waals surface area (Å²) in [5, 5.41) is 2.85. The molecule has 1 aromatic carbocycles. The molecule has 0 saturated heterocycles. The van der Waals surface area contributed by atoms with Crippen LogP contribution in [0.1, 0.15) is 33.6 Å². The maximum Gasteiger partial charge on any atom is 0.261 e. The fourth-order valence-electron chi connectivity index (χ4n) is 3.04. The van der Waals surface area contributed by atoms with Crippen molar-refractivity contribution in [3.05, 3.63) is 62.5 Å².